The number of nitrogens with zero attached hydrogens (tertiary/aromatic N) is 2. The number of aromatic nitrogens is 2. The summed E-state index contributed by atoms with van der Waals surface area (Å²) >= 11 is 0. The van der Waals surface area contributed by atoms with Crippen molar-refractivity contribution in [1.82, 2.24) is 9.97 Å². The summed E-state index contributed by atoms with van der Waals surface area (Å²) in [7, 11) is 0. The van der Waals surface area contributed by atoms with Gasteiger partial charge in [0.1, 0.15) is 18.0 Å². The summed E-state index contributed by atoms with van der Waals surface area (Å²) < 4.78 is 0. The molecule has 24 heavy (non-hydrogen) atoms. The zero-order valence-electron chi connectivity index (χ0n) is 13.1. The van der Waals surface area contributed by atoms with Crippen molar-refractivity contribution in [2.24, 2.45) is 0 Å². The third kappa shape index (κ3) is 4.44. The summed E-state index contributed by atoms with van der Waals surface area (Å²) in [5, 5.41) is 18.4. The standard InChI is InChI=1S/C18H19N5O/c24-11-10-19-17-12-18(21-13-20-17)23-16-8-6-15(7-9-16)22-14-4-2-1-3-5-14/h1-9,12-13,22,24H,10-11H2,(H2,19,20,21,23). The molecule has 0 aliphatic heterocycles. The second-order valence-electron chi connectivity index (χ2n) is 5.13. The predicted octanol–water partition coefficient (Wildman–Crippen LogP) is 3.37. The second-order valence-corrected chi connectivity index (χ2v) is 5.13. The first-order chi connectivity index (χ1) is 11.8. The van der Waals surface area contributed by atoms with Gasteiger partial charge in [-0.25, -0.2) is 9.97 Å². The van der Waals surface area contributed by atoms with E-state index in [0.717, 1.165) is 17.1 Å². The van der Waals surface area contributed by atoms with Crippen LogP contribution in [0.2, 0.25) is 0 Å². The van der Waals surface area contributed by atoms with Crippen LogP contribution in [0.15, 0.2) is 67.0 Å². The van der Waals surface area contributed by atoms with Gasteiger partial charge in [-0.05, 0) is 36.4 Å². The minimum absolute atomic E-state index is 0.0582. The molecule has 0 atom stereocenters. The van der Waals surface area contributed by atoms with Gasteiger partial charge < -0.3 is 21.1 Å². The quantitative estimate of drug-likeness (QED) is 0.534. The largest absolute Gasteiger partial charge is 0.395 e. The van der Waals surface area contributed by atoms with E-state index in [2.05, 4.69) is 25.9 Å². The Hall–Kier alpha value is -3.12. The van der Waals surface area contributed by atoms with Gasteiger partial charge in [-0.1, -0.05) is 18.2 Å². The molecular weight excluding hydrogens is 302 g/mol. The van der Waals surface area contributed by atoms with Crippen molar-refractivity contribution < 1.29 is 5.11 Å². The zero-order valence-corrected chi connectivity index (χ0v) is 13.1. The van der Waals surface area contributed by atoms with E-state index in [9.17, 15) is 0 Å². The Kier molecular flexibility index (Phi) is 5.21. The van der Waals surface area contributed by atoms with Crippen LogP contribution in [0.3, 0.4) is 0 Å². The van der Waals surface area contributed by atoms with E-state index in [1.807, 2.05) is 54.6 Å². The van der Waals surface area contributed by atoms with E-state index in [1.165, 1.54) is 6.33 Å². The lowest BCUT2D eigenvalue weighted by Gasteiger charge is -2.10. The molecule has 1 aromatic heterocycles. The molecule has 0 saturated carbocycles. The molecule has 0 aliphatic carbocycles. The molecule has 0 amide bonds. The molecule has 3 aromatic rings. The number of rotatable bonds is 7. The van der Waals surface area contributed by atoms with Crippen LogP contribution in [0.4, 0.5) is 28.7 Å². The first-order valence-electron chi connectivity index (χ1n) is 7.69. The van der Waals surface area contributed by atoms with Crippen molar-refractivity contribution in [2.75, 3.05) is 29.1 Å². The van der Waals surface area contributed by atoms with Crippen LogP contribution in [0, 0.1) is 0 Å². The van der Waals surface area contributed by atoms with Crippen LogP contribution in [0.1, 0.15) is 0 Å². The number of benzene rings is 2. The van der Waals surface area contributed by atoms with E-state index in [0.29, 0.717) is 18.2 Å². The Bertz CT molecular complexity index is 762. The first-order valence-corrected chi connectivity index (χ1v) is 7.69. The van der Waals surface area contributed by atoms with Gasteiger partial charge in [0.25, 0.3) is 0 Å². The molecule has 0 aliphatic rings. The van der Waals surface area contributed by atoms with Crippen LogP contribution in [0.5, 0.6) is 0 Å². The maximum Gasteiger partial charge on any atom is 0.135 e. The third-order valence-electron chi connectivity index (χ3n) is 3.30. The van der Waals surface area contributed by atoms with Crippen molar-refractivity contribution >= 4 is 28.7 Å². The molecule has 0 radical (unpaired) electrons. The SMILES string of the molecule is OCCNc1cc(Nc2ccc(Nc3ccccc3)cc2)ncn1. The fourth-order valence-corrected chi connectivity index (χ4v) is 2.18. The highest BCUT2D eigenvalue weighted by Crippen LogP contribution is 2.21. The average molecular weight is 321 g/mol. The second kappa shape index (κ2) is 7.94. The van der Waals surface area contributed by atoms with Crippen molar-refractivity contribution in [1.29, 1.82) is 0 Å². The predicted molar refractivity (Wildman–Crippen MR) is 97.1 cm³/mol. The number of aliphatic hydroxyl groups excluding tert-OH is 1. The summed E-state index contributed by atoms with van der Waals surface area (Å²) in [4.78, 5) is 8.29. The molecule has 1 heterocycles. The molecule has 0 bridgehead atoms. The van der Waals surface area contributed by atoms with Gasteiger partial charge in [0.15, 0.2) is 0 Å². The minimum Gasteiger partial charge on any atom is -0.395 e. The Morgan fingerprint density at radius 2 is 1.38 bits per heavy atom. The Labute approximate surface area is 140 Å². The molecule has 0 unspecified atom stereocenters. The normalized spacial score (nSPS) is 10.2. The Balaban J connectivity index is 1.64. The number of nitrogens with one attached hydrogen (secondary N) is 3. The van der Waals surface area contributed by atoms with Gasteiger partial charge in [-0.2, -0.15) is 0 Å². The van der Waals surface area contributed by atoms with E-state index >= 15 is 0 Å². The van der Waals surface area contributed by atoms with Gasteiger partial charge in [-0.15, -0.1) is 0 Å². The minimum atomic E-state index is 0.0582. The molecule has 4 N–H and O–H groups in total. The first kappa shape index (κ1) is 15.8. The number of aliphatic hydroxyl groups is 1. The average Bonchev–Trinajstić information content (AvgIpc) is 2.63. The smallest absolute Gasteiger partial charge is 0.135 e. The van der Waals surface area contributed by atoms with Gasteiger partial charge >= 0.3 is 0 Å². The molecule has 6 heteroatoms. The van der Waals surface area contributed by atoms with E-state index in [4.69, 9.17) is 5.11 Å². The van der Waals surface area contributed by atoms with E-state index in [-0.39, 0.29) is 6.61 Å². The molecular formula is C18H19N5O. The number of hydrogen-bond donors (Lipinski definition) is 4. The van der Waals surface area contributed by atoms with Crippen molar-refractivity contribution in [3.05, 3.63) is 67.0 Å². The van der Waals surface area contributed by atoms with Crippen LogP contribution >= 0.6 is 0 Å². The fourth-order valence-electron chi connectivity index (χ4n) is 2.18. The fraction of sp³-hybridized carbons (Fsp3) is 0.111. The molecule has 2 aromatic carbocycles. The van der Waals surface area contributed by atoms with Crippen LogP contribution in [-0.2, 0) is 0 Å². The van der Waals surface area contributed by atoms with Gasteiger partial charge in [0.05, 0.1) is 6.61 Å². The topological polar surface area (TPSA) is 82.1 Å². The molecule has 0 fully saturated rings. The van der Waals surface area contributed by atoms with Crippen molar-refractivity contribution in [3.63, 3.8) is 0 Å². The van der Waals surface area contributed by atoms with E-state index in [1.54, 1.807) is 6.07 Å². The number of para-hydroxylation sites is 1. The lowest BCUT2D eigenvalue weighted by atomic mass is 10.2. The Morgan fingerprint density at radius 1 is 0.750 bits per heavy atom. The zero-order chi connectivity index (χ0) is 16.6. The lowest BCUT2D eigenvalue weighted by Crippen LogP contribution is -2.07. The summed E-state index contributed by atoms with van der Waals surface area (Å²) in [6.07, 6.45) is 1.48. The molecule has 0 spiro atoms. The number of hydrogen-bond acceptors (Lipinski definition) is 6. The van der Waals surface area contributed by atoms with Gasteiger partial charge in [-0.3, -0.25) is 0 Å². The summed E-state index contributed by atoms with van der Waals surface area (Å²) in [6, 6.07) is 19.8. The molecule has 3 rings (SSSR count). The summed E-state index contributed by atoms with van der Waals surface area (Å²) in [5.41, 5.74) is 2.99. The van der Waals surface area contributed by atoms with Crippen molar-refractivity contribution in [3.8, 4) is 0 Å². The number of anilines is 5. The third-order valence-corrected chi connectivity index (χ3v) is 3.30. The maximum absolute atomic E-state index is 8.84. The highest BCUT2D eigenvalue weighted by Gasteiger charge is 2.00. The van der Waals surface area contributed by atoms with Crippen LogP contribution in [-0.4, -0.2) is 28.2 Å². The maximum atomic E-state index is 8.84. The van der Waals surface area contributed by atoms with Crippen LogP contribution < -0.4 is 16.0 Å². The monoisotopic (exact) mass is 321 g/mol. The van der Waals surface area contributed by atoms with Gasteiger partial charge in [0, 0.05) is 29.7 Å². The van der Waals surface area contributed by atoms with Crippen LogP contribution in [0.25, 0.3) is 0 Å². The van der Waals surface area contributed by atoms with E-state index < -0.39 is 0 Å². The summed E-state index contributed by atoms with van der Waals surface area (Å²) in [6.45, 7) is 0.513. The molecule has 122 valence electrons. The van der Waals surface area contributed by atoms with Crippen molar-refractivity contribution in [2.45, 2.75) is 0 Å². The molecule has 6 nitrogen and oxygen atoms in total. The lowest BCUT2D eigenvalue weighted by molar-refractivity contribution is 0.311. The summed E-state index contributed by atoms with van der Waals surface area (Å²) in [5.74, 6) is 1.36. The highest BCUT2D eigenvalue weighted by atomic mass is 16.3. The molecule has 0 saturated heterocycles. The Morgan fingerprint density at radius 3 is 2.08 bits per heavy atom. The van der Waals surface area contributed by atoms with Gasteiger partial charge in [0.2, 0.25) is 0 Å². The highest BCUT2D eigenvalue weighted by molar-refractivity contribution is 5.65.